The van der Waals surface area contributed by atoms with Crippen LogP contribution in [0.5, 0.6) is 5.75 Å². The van der Waals surface area contributed by atoms with Crippen molar-refractivity contribution in [2.75, 3.05) is 26.7 Å². The zero-order chi connectivity index (χ0) is 22.4. The maximum atomic E-state index is 12.7. The van der Waals surface area contributed by atoms with E-state index >= 15 is 0 Å². The van der Waals surface area contributed by atoms with Gasteiger partial charge in [0.25, 0.3) is 5.91 Å². The van der Waals surface area contributed by atoms with Crippen molar-refractivity contribution in [2.45, 2.75) is 36.0 Å². The Bertz CT molecular complexity index is 991. The van der Waals surface area contributed by atoms with Crippen molar-refractivity contribution in [3.05, 3.63) is 59.7 Å². The van der Waals surface area contributed by atoms with Crippen LogP contribution in [-0.2, 0) is 9.84 Å². The molecule has 168 valence electrons. The second-order valence-electron chi connectivity index (χ2n) is 7.39. The van der Waals surface area contributed by atoms with E-state index in [4.69, 9.17) is 4.74 Å². The van der Waals surface area contributed by atoms with E-state index in [1.54, 1.807) is 7.11 Å². The van der Waals surface area contributed by atoms with Crippen molar-refractivity contribution in [3.63, 3.8) is 0 Å². The molecule has 1 unspecified atom stereocenters. The predicted molar refractivity (Wildman–Crippen MR) is 113 cm³/mol. The highest BCUT2D eigenvalue weighted by atomic mass is 32.2. The molecule has 1 amide bonds. The van der Waals surface area contributed by atoms with Gasteiger partial charge < -0.3 is 10.1 Å². The van der Waals surface area contributed by atoms with Crippen molar-refractivity contribution >= 4 is 15.7 Å². The van der Waals surface area contributed by atoms with Crippen LogP contribution in [0.4, 0.5) is 8.78 Å². The number of ether oxygens (including phenoxy) is 1. The van der Waals surface area contributed by atoms with Crippen LogP contribution < -0.4 is 10.1 Å². The van der Waals surface area contributed by atoms with Gasteiger partial charge in [0.05, 0.1) is 18.0 Å². The lowest BCUT2D eigenvalue weighted by Crippen LogP contribution is -2.40. The smallest absolute Gasteiger partial charge is 0.341 e. The summed E-state index contributed by atoms with van der Waals surface area (Å²) in [4.78, 5) is 14.5. The highest BCUT2D eigenvalue weighted by Gasteiger charge is 2.27. The van der Waals surface area contributed by atoms with Crippen LogP contribution in [0.3, 0.4) is 0 Å². The number of likely N-dealkylation sites (tertiary alicyclic amines) is 1. The average molecular weight is 453 g/mol. The van der Waals surface area contributed by atoms with Crippen molar-refractivity contribution in [1.29, 1.82) is 0 Å². The third kappa shape index (κ3) is 5.40. The second kappa shape index (κ2) is 10.2. The summed E-state index contributed by atoms with van der Waals surface area (Å²) >= 11 is 0. The van der Waals surface area contributed by atoms with Gasteiger partial charge >= 0.3 is 5.76 Å². The summed E-state index contributed by atoms with van der Waals surface area (Å²) in [6.45, 7) is 2.16. The summed E-state index contributed by atoms with van der Waals surface area (Å²) in [5, 5.41) is 2.89. The minimum absolute atomic E-state index is 0.0844. The third-order valence-corrected chi connectivity index (χ3v) is 6.86. The molecule has 6 nitrogen and oxygen atoms in total. The molecule has 3 rings (SSSR count). The molecule has 1 atom stereocenters. The van der Waals surface area contributed by atoms with Crippen molar-refractivity contribution in [1.82, 2.24) is 10.2 Å². The molecule has 0 saturated carbocycles. The Morgan fingerprint density at radius 1 is 1.06 bits per heavy atom. The Morgan fingerprint density at radius 3 is 2.32 bits per heavy atom. The molecule has 0 aliphatic carbocycles. The van der Waals surface area contributed by atoms with E-state index in [0.717, 1.165) is 49.4 Å². The molecule has 1 aliphatic rings. The normalized spacial score (nSPS) is 16.1. The van der Waals surface area contributed by atoms with Gasteiger partial charge in [-0.2, -0.15) is 8.78 Å². The lowest BCUT2D eigenvalue weighted by atomic mass is 10.0. The number of rotatable bonds is 8. The Labute approximate surface area is 181 Å². The number of benzene rings is 2. The van der Waals surface area contributed by atoms with Gasteiger partial charge in [-0.1, -0.05) is 24.6 Å². The van der Waals surface area contributed by atoms with Crippen LogP contribution in [0.15, 0.2) is 53.4 Å². The number of halogens is 2. The summed E-state index contributed by atoms with van der Waals surface area (Å²) < 4.78 is 54.0. The standard InChI is InChI=1S/C22H26F2N2O4S/c1-30-20-8-4-3-7-18(20)19(26-13-5-2-6-14-26)15-25-21(27)16-9-11-17(12-10-16)31(28,29)22(23)24/h3-4,7-12,19,22H,2,5-6,13-15H2,1H3,(H,25,27). The lowest BCUT2D eigenvalue weighted by Gasteiger charge is -2.35. The van der Waals surface area contributed by atoms with E-state index in [1.165, 1.54) is 18.6 Å². The van der Waals surface area contributed by atoms with Crippen LogP contribution in [0.1, 0.15) is 41.2 Å². The molecule has 2 aromatic carbocycles. The molecule has 1 fully saturated rings. The van der Waals surface area contributed by atoms with Crippen LogP contribution in [0.2, 0.25) is 0 Å². The molecule has 0 radical (unpaired) electrons. The number of alkyl halides is 2. The fourth-order valence-electron chi connectivity index (χ4n) is 3.80. The summed E-state index contributed by atoms with van der Waals surface area (Å²) in [5.74, 6) is -3.16. The number of para-hydroxylation sites is 1. The van der Waals surface area contributed by atoms with Gasteiger partial charge in [-0.15, -0.1) is 0 Å². The van der Waals surface area contributed by atoms with Gasteiger partial charge in [0.15, 0.2) is 0 Å². The van der Waals surface area contributed by atoms with E-state index in [9.17, 15) is 22.0 Å². The van der Waals surface area contributed by atoms with Gasteiger partial charge in [-0.25, -0.2) is 8.42 Å². The minimum Gasteiger partial charge on any atom is -0.496 e. The number of hydrogen-bond donors (Lipinski definition) is 1. The van der Waals surface area contributed by atoms with Crippen LogP contribution in [0, 0.1) is 0 Å². The quantitative estimate of drug-likeness (QED) is 0.662. The highest BCUT2D eigenvalue weighted by molar-refractivity contribution is 7.91. The van der Waals surface area contributed by atoms with E-state index in [1.807, 2.05) is 24.3 Å². The molecule has 1 saturated heterocycles. The average Bonchev–Trinajstić information content (AvgIpc) is 2.80. The first-order valence-electron chi connectivity index (χ1n) is 10.1. The second-order valence-corrected chi connectivity index (χ2v) is 9.31. The Kier molecular flexibility index (Phi) is 7.61. The van der Waals surface area contributed by atoms with Gasteiger partial charge in [0.2, 0.25) is 9.84 Å². The SMILES string of the molecule is COc1ccccc1C(CNC(=O)c1ccc(S(=O)(=O)C(F)F)cc1)N1CCCCC1. The zero-order valence-electron chi connectivity index (χ0n) is 17.3. The number of carbonyl (C=O) groups is 1. The number of nitrogens with one attached hydrogen (secondary N) is 1. The number of sulfone groups is 1. The molecule has 9 heteroatoms. The van der Waals surface area contributed by atoms with E-state index in [2.05, 4.69) is 10.2 Å². The summed E-state index contributed by atoms with van der Waals surface area (Å²) in [5.41, 5.74) is 1.18. The number of nitrogens with zero attached hydrogens (tertiary/aromatic N) is 1. The molecule has 0 aromatic heterocycles. The largest absolute Gasteiger partial charge is 0.496 e. The van der Waals surface area contributed by atoms with E-state index < -0.39 is 26.4 Å². The minimum atomic E-state index is -4.69. The molecule has 0 bridgehead atoms. The molecular formula is C22H26F2N2O4S. The number of methoxy groups -OCH3 is 1. The monoisotopic (exact) mass is 452 g/mol. The van der Waals surface area contributed by atoms with Gasteiger partial charge in [-0.05, 0) is 56.3 Å². The first-order valence-corrected chi connectivity index (χ1v) is 11.7. The molecule has 1 heterocycles. The lowest BCUT2D eigenvalue weighted by molar-refractivity contribution is 0.0923. The third-order valence-electron chi connectivity index (χ3n) is 5.46. The number of amides is 1. The first-order chi connectivity index (χ1) is 14.8. The first kappa shape index (κ1) is 23.1. The Balaban J connectivity index is 1.76. The van der Waals surface area contributed by atoms with Gasteiger partial charge in [0, 0.05) is 17.7 Å². The maximum absolute atomic E-state index is 12.7. The number of carbonyl (C=O) groups excluding carboxylic acids is 1. The van der Waals surface area contributed by atoms with E-state index in [0.29, 0.717) is 6.54 Å². The summed E-state index contributed by atoms with van der Waals surface area (Å²) in [7, 11) is -3.08. The van der Waals surface area contributed by atoms with Crippen LogP contribution in [-0.4, -0.2) is 51.7 Å². The number of hydrogen-bond acceptors (Lipinski definition) is 5. The Hall–Kier alpha value is -2.52. The summed E-state index contributed by atoms with van der Waals surface area (Å²) in [6.07, 6.45) is 3.34. The van der Waals surface area contributed by atoms with Gasteiger partial charge in [-0.3, -0.25) is 9.69 Å². The van der Waals surface area contributed by atoms with Crippen LogP contribution >= 0.6 is 0 Å². The fraction of sp³-hybridized carbons (Fsp3) is 0.409. The predicted octanol–water partition coefficient (Wildman–Crippen LogP) is 3.65. The van der Waals surface area contributed by atoms with Gasteiger partial charge in [0.1, 0.15) is 5.75 Å². The molecule has 1 aliphatic heterocycles. The molecular weight excluding hydrogens is 426 g/mol. The Morgan fingerprint density at radius 2 is 1.71 bits per heavy atom. The van der Waals surface area contributed by atoms with E-state index in [-0.39, 0.29) is 11.6 Å². The molecule has 0 spiro atoms. The van der Waals surface area contributed by atoms with Crippen molar-refractivity contribution < 1.29 is 26.7 Å². The molecule has 31 heavy (non-hydrogen) atoms. The van der Waals surface area contributed by atoms with Crippen LogP contribution in [0.25, 0.3) is 0 Å². The molecule has 1 N–H and O–H groups in total. The van der Waals surface area contributed by atoms with Crippen molar-refractivity contribution in [3.8, 4) is 5.75 Å². The topological polar surface area (TPSA) is 75.7 Å². The molecule has 2 aromatic rings. The zero-order valence-corrected chi connectivity index (χ0v) is 18.1. The number of piperidine rings is 1. The highest BCUT2D eigenvalue weighted by Crippen LogP contribution is 2.31. The maximum Gasteiger partial charge on any atom is 0.341 e. The fourth-order valence-corrected chi connectivity index (χ4v) is 4.52. The summed E-state index contributed by atoms with van der Waals surface area (Å²) in [6, 6.07) is 12.1. The van der Waals surface area contributed by atoms with Crippen molar-refractivity contribution in [2.24, 2.45) is 0 Å².